The second kappa shape index (κ2) is 13.6. The molecular formula is C32H41N3O4S. The molecule has 1 unspecified atom stereocenters. The van der Waals surface area contributed by atoms with Gasteiger partial charge in [-0.2, -0.15) is 0 Å². The highest BCUT2D eigenvalue weighted by Gasteiger charge is 2.33. The maximum atomic E-state index is 14.2. The molecule has 3 aromatic rings. The molecule has 7 nitrogen and oxygen atoms in total. The van der Waals surface area contributed by atoms with Gasteiger partial charge in [-0.1, -0.05) is 74.5 Å². The SMILES string of the molecule is Cc1cc(C)cc(N(CC(=O)N(Cc2ccccc2C)C(Cc2ccccc2)C(=O)NCC(C)C)S(C)(=O)=O)c1. The van der Waals surface area contributed by atoms with E-state index in [0.29, 0.717) is 18.7 Å². The van der Waals surface area contributed by atoms with Crippen LogP contribution in [0.2, 0.25) is 0 Å². The van der Waals surface area contributed by atoms with Crippen molar-refractivity contribution in [3.05, 3.63) is 101 Å². The minimum atomic E-state index is -3.80. The molecule has 0 aliphatic heterocycles. The van der Waals surface area contributed by atoms with E-state index >= 15 is 0 Å². The lowest BCUT2D eigenvalue weighted by Gasteiger charge is -2.34. The summed E-state index contributed by atoms with van der Waals surface area (Å²) in [5.74, 6) is -0.489. The summed E-state index contributed by atoms with van der Waals surface area (Å²) < 4.78 is 27.1. The number of anilines is 1. The predicted octanol–water partition coefficient (Wildman–Crippen LogP) is 4.79. The number of nitrogens with one attached hydrogen (secondary N) is 1. The molecule has 0 heterocycles. The van der Waals surface area contributed by atoms with Gasteiger partial charge in [-0.05, 0) is 66.6 Å². The molecular weight excluding hydrogens is 522 g/mol. The first-order valence-electron chi connectivity index (χ1n) is 13.6. The Morgan fingerprint density at radius 3 is 2.05 bits per heavy atom. The van der Waals surface area contributed by atoms with Crippen molar-refractivity contribution in [2.24, 2.45) is 5.92 Å². The molecule has 40 heavy (non-hydrogen) atoms. The van der Waals surface area contributed by atoms with Crippen molar-refractivity contribution in [2.45, 2.75) is 53.6 Å². The number of carbonyl (C=O) groups excluding carboxylic acids is 2. The lowest BCUT2D eigenvalue weighted by Crippen LogP contribution is -2.53. The highest BCUT2D eigenvalue weighted by atomic mass is 32.2. The van der Waals surface area contributed by atoms with Crippen LogP contribution in [-0.2, 0) is 32.6 Å². The Bertz CT molecular complexity index is 1400. The van der Waals surface area contributed by atoms with Gasteiger partial charge in [0.2, 0.25) is 21.8 Å². The summed E-state index contributed by atoms with van der Waals surface area (Å²) in [6.07, 6.45) is 1.39. The van der Waals surface area contributed by atoms with Crippen LogP contribution in [0, 0.1) is 26.7 Å². The quantitative estimate of drug-likeness (QED) is 0.343. The van der Waals surface area contributed by atoms with Crippen molar-refractivity contribution in [1.29, 1.82) is 0 Å². The first-order valence-corrected chi connectivity index (χ1v) is 15.4. The average Bonchev–Trinajstić information content (AvgIpc) is 2.88. The molecule has 2 amide bonds. The third kappa shape index (κ3) is 8.68. The van der Waals surface area contributed by atoms with Crippen LogP contribution in [0.4, 0.5) is 5.69 Å². The van der Waals surface area contributed by atoms with Gasteiger partial charge in [0.05, 0.1) is 11.9 Å². The third-order valence-electron chi connectivity index (χ3n) is 6.73. The molecule has 3 rings (SSSR count). The maximum absolute atomic E-state index is 14.2. The number of carbonyl (C=O) groups is 2. The Morgan fingerprint density at radius 2 is 1.48 bits per heavy atom. The Kier molecular flexibility index (Phi) is 10.5. The monoisotopic (exact) mass is 563 g/mol. The van der Waals surface area contributed by atoms with E-state index in [9.17, 15) is 18.0 Å². The number of sulfonamides is 1. The van der Waals surface area contributed by atoms with Crippen LogP contribution in [0.3, 0.4) is 0 Å². The molecule has 0 fully saturated rings. The number of hydrogen-bond acceptors (Lipinski definition) is 4. The van der Waals surface area contributed by atoms with Crippen LogP contribution in [0.25, 0.3) is 0 Å². The summed E-state index contributed by atoms with van der Waals surface area (Å²) in [6, 6.07) is 21.9. The van der Waals surface area contributed by atoms with E-state index in [1.807, 2.05) is 95.3 Å². The minimum Gasteiger partial charge on any atom is -0.354 e. The molecule has 0 aromatic heterocycles. The van der Waals surface area contributed by atoms with E-state index in [4.69, 9.17) is 0 Å². The van der Waals surface area contributed by atoms with Crippen LogP contribution >= 0.6 is 0 Å². The highest BCUT2D eigenvalue weighted by molar-refractivity contribution is 7.92. The highest BCUT2D eigenvalue weighted by Crippen LogP contribution is 2.23. The van der Waals surface area contributed by atoms with E-state index in [-0.39, 0.29) is 18.4 Å². The van der Waals surface area contributed by atoms with Gasteiger partial charge in [-0.3, -0.25) is 13.9 Å². The van der Waals surface area contributed by atoms with E-state index in [2.05, 4.69) is 5.32 Å². The van der Waals surface area contributed by atoms with Crippen LogP contribution in [0.5, 0.6) is 0 Å². The van der Waals surface area contributed by atoms with Gasteiger partial charge in [0.1, 0.15) is 12.6 Å². The van der Waals surface area contributed by atoms with E-state index < -0.39 is 28.5 Å². The summed E-state index contributed by atoms with van der Waals surface area (Å²) in [5, 5.41) is 3.00. The largest absolute Gasteiger partial charge is 0.354 e. The van der Waals surface area contributed by atoms with Crippen molar-refractivity contribution < 1.29 is 18.0 Å². The van der Waals surface area contributed by atoms with Crippen LogP contribution in [0.1, 0.15) is 41.7 Å². The second-order valence-electron chi connectivity index (χ2n) is 10.9. The Morgan fingerprint density at radius 1 is 0.875 bits per heavy atom. The van der Waals surface area contributed by atoms with Crippen LogP contribution < -0.4 is 9.62 Å². The van der Waals surface area contributed by atoms with Crippen molar-refractivity contribution in [3.8, 4) is 0 Å². The molecule has 1 N–H and O–H groups in total. The summed E-state index contributed by atoms with van der Waals surface area (Å²) in [4.78, 5) is 29.4. The molecule has 1 atom stereocenters. The van der Waals surface area contributed by atoms with E-state index in [1.54, 1.807) is 12.1 Å². The summed E-state index contributed by atoms with van der Waals surface area (Å²) >= 11 is 0. The topological polar surface area (TPSA) is 86.8 Å². The van der Waals surface area contributed by atoms with Crippen LogP contribution in [0.15, 0.2) is 72.8 Å². The van der Waals surface area contributed by atoms with Crippen LogP contribution in [-0.4, -0.2) is 50.5 Å². The Hall–Kier alpha value is -3.65. The average molecular weight is 564 g/mol. The number of aryl methyl sites for hydroxylation is 3. The number of rotatable bonds is 12. The summed E-state index contributed by atoms with van der Waals surface area (Å²) in [7, 11) is -3.80. The first-order chi connectivity index (χ1) is 18.8. The second-order valence-corrected chi connectivity index (χ2v) is 12.8. The van der Waals surface area contributed by atoms with Gasteiger partial charge in [0.15, 0.2) is 0 Å². The molecule has 0 spiro atoms. The number of amides is 2. The van der Waals surface area contributed by atoms with Gasteiger partial charge in [-0.25, -0.2) is 8.42 Å². The Balaban J connectivity index is 2.07. The van der Waals surface area contributed by atoms with E-state index in [1.165, 1.54) is 4.90 Å². The standard InChI is InChI=1S/C32H41N3O4S/c1-23(2)20-33-32(37)30(19-27-13-8-7-9-14-27)34(21-28-15-11-10-12-26(28)5)31(36)22-35(40(6,38)39)29-17-24(3)16-25(4)18-29/h7-18,23,30H,19-22H2,1-6H3,(H,33,37). The zero-order valence-corrected chi connectivity index (χ0v) is 25.2. The zero-order valence-electron chi connectivity index (χ0n) is 24.3. The molecule has 0 aliphatic carbocycles. The van der Waals surface area contributed by atoms with Crippen molar-refractivity contribution in [3.63, 3.8) is 0 Å². The smallest absolute Gasteiger partial charge is 0.244 e. The zero-order chi connectivity index (χ0) is 29.4. The molecule has 214 valence electrons. The van der Waals surface area contributed by atoms with Crippen molar-refractivity contribution in [1.82, 2.24) is 10.2 Å². The van der Waals surface area contributed by atoms with Gasteiger partial charge in [-0.15, -0.1) is 0 Å². The fourth-order valence-corrected chi connectivity index (χ4v) is 5.49. The molecule has 0 bridgehead atoms. The predicted molar refractivity (Wildman–Crippen MR) is 162 cm³/mol. The molecule has 0 aliphatic rings. The number of nitrogens with zero attached hydrogens (tertiary/aromatic N) is 2. The fourth-order valence-electron chi connectivity index (χ4n) is 4.66. The van der Waals surface area contributed by atoms with Crippen molar-refractivity contribution in [2.75, 3.05) is 23.7 Å². The number of benzene rings is 3. The normalized spacial score (nSPS) is 12.2. The molecule has 0 radical (unpaired) electrons. The lowest BCUT2D eigenvalue weighted by molar-refractivity contribution is -0.140. The van der Waals surface area contributed by atoms with Crippen molar-refractivity contribution >= 4 is 27.5 Å². The molecule has 0 saturated carbocycles. The number of hydrogen-bond donors (Lipinski definition) is 1. The summed E-state index contributed by atoms with van der Waals surface area (Å²) in [6.45, 7) is 9.97. The molecule has 8 heteroatoms. The van der Waals surface area contributed by atoms with Gasteiger partial charge in [0.25, 0.3) is 0 Å². The fraction of sp³-hybridized carbons (Fsp3) is 0.375. The Labute approximate surface area is 239 Å². The maximum Gasteiger partial charge on any atom is 0.244 e. The van der Waals surface area contributed by atoms with Gasteiger partial charge in [0, 0.05) is 19.5 Å². The molecule has 3 aromatic carbocycles. The molecule has 0 saturated heterocycles. The lowest BCUT2D eigenvalue weighted by atomic mass is 10.0. The first kappa shape index (κ1) is 30.9. The van der Waals surface area contributed by atoms with E-state index in [0.717, 1.165) is 38.4 Å². The minimum absolute atomic E-state index is 0.169. The van der Waals surface area contributed by atoms with Gasteiger partial charge < -0.3 is 10.2 Å². The van der Waals surface area contributed by atoms with Gasteiger partial charge >= 0.3 is 0 Å². The summed E-state index contributed by atoms with van der Waals surface area (Å²) in [5.41, 5.74) is 4.99. The third-order valence-corrected chi connectivity index (χ3v) is 7.87.